The maximum absolute atomic E-state index is 14.4. The van der Waals surface area contributed by atoms with Gasteiger partial charge in [-0.1, -0.05) is 24.3 Å². The van der Waals surface area contributed by atoms with Gasteiger partial charge in [0.2, 0.25) is 0 Å². The molecule has 0 spiro atoms. The Morgan fingerprint density at radius 3 is 2.38 bits per heavy atom. The molecule has 5 nitrogen and oxygen atoms in total. The molecule has 0 heterocycles. The van der Waals surface area contributed by atoms with Crippen molar-refractivity contribution in [3.05, 3.63) is 95.1 Å². The first-order chi connectivity index (χ1) is 15.4. The number of nitrogen functional groups attached to an aromatic ring is 1. The third-order valence-electron chi connectivity index (χ3n) is 5.07. The third kappa shape index (κ3) is 5.00. The topological polar surface area (TPSA) is 84.2 Å². The fourth-order valence-electron chi connectivity index (χ4n) is 3.16. The Hall–Kier alpha value is -4.00. The van der Waals surface area contributed by atoms with Gasteiger partial charge in [-0.25, -0.2) is 8.78 Å². The molecule has 0 saturated heterocycles. The molecule has 1 saturated carbocycles. The van der Waals surface area contributed by atoms with E-state index in [9.17, 15) is 18.4 Å². The van der Waals surface area contributed by atoms with Crippen molar-refractivity contribution >= 4 is 34.8 Å². The summed E-state index contributed by atoms with van der Waals surface area (Å²) in [6.07, 6.45) is 3.20. The summed E-state index contributed by atoms with van der Waals surface area (Å²) in [5.74, 6) is -2.15. The van der Waals surface area contributed by atoms with Crippen LogP contribution in [0.1, 0.15) is 34.3 Å². The number of nitrogens with one attached hydrogen (secondary N) is 2. The molecule has 0 bridgehead atoms. The average Bonchev–Trinajstić information content (AvgIpc) is 3.60. The summed E-state index contributed by atoms with van der Waals surface area (Å²) in [5, 5.41) is 5.55. The number of rotatable bonds is 6. The SMILES string of the molecule is Nc1ccccc1NC(=O)c1ccc(C=C(C(=O)NC2CC2)c2cc(F)ccc2F)cc1. The van der Waals surface area contributed by atoms with Crippen LogP contribution in [-0.2, 0) is 4.79 Å². The van der Waals surface area contributed by atoms with Crippen LogP contribution in [0.25, 0.3) is 11.6 Å². The predicted octanol–water partition coefficient (Wildman–Crippen LogP) is 4.62. The minimum absolute atomic E-state index is 0.0168. The Morgan fingerprint density at radius 1 is 0.969 bits per heavy atom. The molecule has 0 unspecified atom stereocenters. The van der Waals surface area contributed by atoms with E-state index in [2.05, 4.69) is 10.6 Å². The summed E-state index contributed by atoms with van der Waals surface area (Å²) in [6.45, 7) is 0. The molecule has 162 valence electrons. The molecule has 0 atom stereocenters. The molecule has 0 radical (unpaired) electrons. The number of carbonyl (C=O) groups is 2. The van der Waals surface area contributed by atoms with Crippen LogP contribution in [0, 0.1) is 11.6 Å². The van der Waals surface area contributed by atoms with Crippen molar-refractivity contribution in [2.45, 2.75) is 18.9 Å². The first-order valence-electron chi connectivity index (χ1n) is 10.1. The number of carbonyl (C=O) groups excluding carboxylic acids is 2. The lowest BCUT2D eigenvalue weighted by molar-refractivity contribution is -0.115. The first kappa shape index (κ1) is 21.2. The molecular formula is C25H21F2N3O2. The molecule has 0 aliphatic heterocycles. The summed E-state index contributed by atoms with van der Waals surface area (Å²) in [4.78, 5) is 25.2. The van der Waals surface area contributed by atoms with Gasteiger partial charge in [0.15, 0.2) is 0 Å². The number of para-hydroxylation sites is 2. The number of hydrogen-bond acceptors (Lipinski definition) is 3. The molecule has 1 aliphatic rings. The second-order valence-electron chi connectivity index (χ2n) is 7.59. The van der Waals surface area contributed by atoms with E-state index in [1.165, 1.54) is 6.08 Å². The fraction of sp³-hybridized carbons (Fsp3) is 0.120. The van der Waals surface area contributed by atoms with Gasteiger partial charge in [0, 0.05) is 17.2 Å². The number of anilines is 2. The monoisotopic (exact) mass is 433 g/mol. The number of nitrogens with two attached hydrogens (primary N) is 1. The van der Waals surface area contributed by atoms with Crippen molar-refractivity contribution in [1.82, 2.24) is 5.32 Å². The van der Waals surface area contributed by atoms with Crippen molar-refractivity contribution in [2.75, 3.05) is 11.1 Å². The summed E-state index contributed by atoms with van der Waals surface area (Å²) in [5.41, 5.74) is 7.64. The van der Waals surface area contributed by atoms with Gasteiger partial charge < -0.3 is 16.4 Å². The van der Waals surface area contributed by atoms with Crippen LogP contribution >= 0.6 is 0 Å². The summed E-state index contributed by atoms with van der Waals surface area (Å²) in [6, 6.07) is 16.4. The van der Waals surface area contributed by atoms with Crippen LogP contribution in [0.2, 0.25) is 0 Å². The number of benzene rings is 3. The van der Waals surface area contributed by atoms with Gasteiger partial charge in [-0.15, -0.1) is 0 Å². The zero-order chi connectivity index (χ0) is 22.7. The van der Waals surface area contributed by atoms with E-state index < -0.39 is 17.5 Å². The first-order valence-corrected chi connectivity index (χ1v) is 10.1. The van der Waals surface area contributed by atoms with E-state index in [1.807, 2.05) is 0 Å². The maximum Gasteiger partial charge on any atom is 0.255 e. The zero-order valence-corrected chi connectivity index (χ0v) is 17.1. The van der Waals surface area contributed by atoms with Crippen molar-refractivity contribution in [3.63, 3.8) is 0 Å². The van der Waals surface area contributed by atoms with Crippen LogP contribution in [0.3, 0.4) is 0 Å². The van der Waals surface area contributed by atoms with E-state index in [1.54, 1.807) is 48.5 Å². The smallest absolute Gasteiger partial charge is 0.255 e. The highest BCUT2D eigenvalue weighted by Gasteiger charge is 2.26. The molecule has 4 rings (SSSR count). The van der Waals surface area contributed by atoms with Crippen LogP contribution in [0.5, 0.6) is 0 Å². The summed E-state index contributed by atoms with van der Waals surface area (Å²) >= 11 is 0. The maximum atomic E-state index is 14.4. The largest absolute Gasteiger partial charge is 0.397 e. The third-order valence-corrected chi connectivity index (χ3v) is 5.07. The minimum atomic E-state index is -0.694. The van der Waals surface area contributed by atoms with E-state index in [0.717, 1.165) is 31.0 Å². The Kier molecular flexibility index (Phi) is 5.98. The van der Waals surface area contributed by atoms with E-state index in [4.69, 9.17) is 5.73 Å². The quantitative estimate of drug-likeness (QED) is 0.301. The Morgan fingerprint density at radius 2 is 1.69 bits per heavy atom. The van der Waals surface area contributed by atoms with Gasteiger partial charge in [0.25, 0.3) is 11.8 Å². The van der Waals surface area contributed by atoms with Gasteiger partial charge in [-0.3, -0.25) is 9.59 Å². The fourth-order valence-corrected chi connectivity index (χ4v) is 3.16. The highest BCUT2D eigenvalue weighted by atomic mass is 19.1. The van der Waals surface area contributed by atoms with E-state index in [0.29, 0.717) is 22.5 Å². The van der Waals surface area contributed by atoms with Crippen molar-refractivity contribution in [2.24, 2.45) is 0 Å². The Labute approximate surface area is 183 Å². The van der Waals surface area contributed by atoms with Crippen molar-refractivity contribution in [1.29, 1.82) is 0 Å². The molecule has 32 heavy (non-hydrogen) atoms. The zero-order valence-electron chi connectivity index (χ0n) is 17.1. The highest BCUT2D eigenvalue weighted by molar-refractivity contribution is 6.24. The molecule has 7 heteroatoms. The minimum Gasteiger partial charge on any atom is -0.397 e. The Balaban J connectivity index is 1.60. The summed E-state index contributed by atoms with van der Waals surface area (Å²) < 4.78 is 28.1. The average molecular weight is 433 g/mol. The molecule has 1 fully saturated rings. The molecule has 3 aromatic carbocycles. The van der Waals surface area contributed by atoms with Crippen LogP contribution < -0.4 is 16.4 Å². The van der Waals surface area contributed by atoms with Gasteiger partial charge >= 0.3 is 0 Å². The normalized spacial score (nSPS) is 13.5. The lowest BCUT2D eigenvalue weighted by Crippen LogP contribution is -2.26. The molecule has 1 aliphatic carbocycles. The predicted molar refractivity (Wildman–Crippen MR) is 121 cm³/mol. The highest BCUT2D eigenvalue weighted by Crippen LogP contribution is 2.26. The lowest BCUT2D eigenvalue weighted by Gasteiger charge is -2.11. The standard InChI is InChI=1S/C25H21F2N3O2/c26-17-9-12-21(27)19(14-17)20(25(32)29-18-10-11-18)13-15-5-7-16(8-6-15)24(31)30-23-4-2-1-3-22(23)28/h1-9,12-14,18H,10-11,28H2,(H,29,32)(H,30,31). The van der Waals surface area contributed by atoms with Gasteiger partial charge in [-0.05, 0) is 66.9 Å². The molecule has 4 N–H and O–H groups in total. The molecular weight excluding hydrogens is 412 g/mol. The second-order valence-corrected chi connectivity index (χ2v) is 7.59. The van der Waals surface area contributed by atoms with Crippen LogP contribution in [0.4, 0.5) is 20.2 Å². The second kappa shape index (κ2) is 9.01. The van der Waals surface area contributed by atoms with E-state index >= 15 is 0 Å². The van der Waals surface area contributed by atoms with Gasteiger partial charge in [-0.2, -0.15) is 0 Å². The molecule has 0 aromatic heterocycles. The Bertz CT molecular complexity index is 1200. The van der Waals surface area contributed by atoms with Crippen LogP contribution in [0.15, 0.2) is 66.7 Å². The number of hydrogen-bond donors (Lipinski definition) is 3. The van der Waals surface area contributed by atoms with Crippen molar-refractivity contribution < 1.29 is 18.4 Å². The molecule has 3 aromatic rings. The number of amides is 2. The molecule has 2 amide bonds. The van der Waals surface area contributed by atoms with Crippen LogP contribution in [-0.4, -0.2) is 17.9 Å². The van der Waals surface area contributed by atoms with E-state index in [-0.39, 0.29) is 23.1 Å². The summed E-state index contributed by atoms with van der Waals surface area (Å²) in [7, 11) is 0. The lowest BCUT2D eigenvalue weighted by atomic mass is 10.0. The van der Waals surface area contributed by atoms with Gasteiger partial charge in [0.05, 0.1) is 16.9 Å². The van der Waals surface area contributed by atoms with Crippen molar-refractivity contribution in [3.8, 4) is 0 Å². The van der Waals surface area contributed by atoms with Gasteiger partial charge in [0.1, 0.15) is 11.6 Å². The number of halogens is 2.